The van der Waals surface area contributed by atoms with Crippen LogP contribution >= 0.6 is 0 Å². The van der Waals surface area contributed by atoms with Crippen molar-refractivity contribution in [2.24, 2.45) is 0 Å². The van der Waals surface area contributed by atoms with Crippen molar-refractivity contribution in [1.29, 1.82) is 0 Å². The average Bonchev–Trinajstić information content (AvgIpc) is 2.61. The minimum atomic E-state index is -4.68. The van der Waals surface area contributed by atoms with Gasteiger partial charge in [0.05, 0.1) is 13.2 Å². The Hall–Kier alpha value is -2.55. The molecule has 0 amide bonds. The lowest BCUT2D eigenvalue weighted by Crippen LogP contribution is -2.36. The van der Waals surface area contributed by atoms with Crippen LogP contribution in [0.15, 0.2) is 36.7 Å². The minimum absolute atomic E-state index is 0.243. The summed E-state index contributed by atoms with van der Waals surface area (Å²) in [7, 11) is 0. The van der Waals surface area contributed by atoms with E-state index in [4.69, 9.17) is 4.74 Å². The Morgan fingerprint density at radius 2 is 1.84 bits per heavy atom. The molecule has 0 atom stereocenters. The summed E-state index contributed by atoms with van der Waals surface area (Å²) in [5.41, 5.74) is 0.807. The van der Waals surface area contributed by atoms with Crippen LogP contribution in [0.2, 0.25) is 0 Å². The molecule has 1 aliphatic rings. The summed E-state index contributed by atoms with van der Waals surface area (Å²) in [6.45, 7) is 3.30. The van der Waals surface area contributed by atoms with Crippen molar-refractivity contribution in [2.45, 2.75) is 12.9 Å². The van der Waals surface area contributed by atoms with Gasteiger partial charge < -0.3 is 19.7 Å². The average molecular weight is 354 g/mol. The fourth-order valence-electron chi connectivity index (χ4n) is 2.41. The summed E-state index contributed by atoms with van der Waals surface area (Å²) in [6.07, 6.45) is -3.20. The predicted octanol–water partition coefficient (Wildman–Crippen LogP) is 2.82. The fourth-order valence-corrected chi connectivity index (χ4v) is 2.41. The summed E-state index contributed by atoms with van der Waals surface area (Å²) in [6, 6.07) is 7.54. The first-order chi connectivity index (χ1) is 12.0. The second-order valence-corrected chi connectivity index (χ2v) is 5.41. The van der Waals surface area contributed by atoms with Crippen molar-refractivity contribution in [2.75, 3.05) is 36.5 Å². The highest BCUT2D eigenvalue weighted by molar-refractivity contribution is 5.49. The number of anilines is 2. The van der Waals surface area contributed by atoms with Crippen molar-refractivity contribution in [1.82, 2.24) is 9.97 Å². The third-order valence-corrected chi connectivity index (χ3v) is 3.62. The van der Waals surface area contributed by atoms with E-state index in [1.165, 1.54) is 18.5 Å². The number of nitrogens with zero attached hydrogens (tertiary/aromatic N) is 3. The summed E-state index contributed by atoms with van der Waals surface area (Å²) < 4.78 is 45.6. The number of hydrogen-bond acceptors (Lipinski definition) is 6. The minimum Gasteiger partial charge on any atom is -0.406 e. The van der Waals surface area contributed by atoms with Crippen molar-refractivity contribution in [3.63, 3.8) is 0 Å². The quantitative estimate of drug-likeness (QED) is 0.891. The van der Waals surface area contributed by atoms with Crippen LogP contribution in [0.4, 0.5) is 24.8 Å². The number of aromatic nitrogens is 2. The molecule has 1 saturated heterocycles. The molecule has 1 aromatic heterocycles. The van der Waals surface area contributed by atoms with Gasteiger partial charge in [-0.25, -0.2) is 9.97 Å². The first-order valence-electron chi connectivity index (χ1n) is 7.73. The maximum atomic E-state index is 12.1. The number of hydrogen-bond donors (Lipinski definition) is 1. The first-order valence-corrected chi connectivity index (χ1v) is 7.73. The van der Waals surface area contributed by atoms with Gasteiger partial charge >= 0.3 is 6.36 Å². The summed E-state index contributed by atoms with van der Waals surface area (Å²) in [4.78, 5) is 10.5. The van der Waals surface area contributed by atoms with Gasteiger partial charge in [-0.15, -0.1) is 13.2 Å². The molecule has 0 bridgehead atoms. The lowest BCUT2D eigenvalue weighted by atomic mass is 10.2. The standard InChI is InChI=1S/C16H17F3N4O2/c17-16(18,19)25-13-3-1-12(2-4-13)10-20-14-9-15(22-11-21-14)23-5-7-24-8-6-23/h1-4,9,11H,5-8,10H2,(H,20,21,22). The molecular weight excluding hydrogens is 337 g/mol. The Bertz CT molecular complexity index is 689. The SMILES string of the molecule is FC(F)(F)Oc1ccc(CNc2cc(N3CCOCC3)ncn2)cc1. The van der Waals surface area contributed by atoms with Gasteiger partial charge in [-0.3, -0.25) is 0 Å². The van der Waals surface area contributed by atoms with E-state index in [1.54, 1.807) is 12.1 Å². The molecule has 1 aliphatic heterocycles. The van der Waals surface area contributed by atoms with Gasteiger partial charge in [0.25, 0.3) is 0 Å². The summed E-state index contributed by atoms with van der Waals surface area (Å²) in [5, 5.41) is 3.14. The summed E-state index contributed by atoms with van der Waals surface area (Å²) in [5.74, 6) is 1.22. The third kappa shape index (κ3) is 5.21. The Morgan fingerprint density at radius 3 is 2.52 bits per heavy atom. The van der Waals surface area contributed by atoms with Crippen LogP contribution in [-0.2, 0) is 11.3 Å². The zero-order chi connectivity index (χ0) is 17.7. The second-order valence-electron chi connectivity index (χ2n) is 5.41. The third-order valence-electron chi connectivity index (χ3n) is 3.62. The molecule has 0 aliphatic carbocycles. The molecule has 1 aromatic carbocycles. The second kappa shape index (κ2) is 7.56. The van der Waals surface area contributed by atoms with Crippen LogP contribution in [0.25, 0.3) is 0 Å². The number of benzene rings is 1. The number of halogens is 3. The molecule has 0 unspecified atom stereocenters. The van der Waals surface area contributed by atoms with E-state index >= 15 is 0 Å². The smallest absolute Gasteiger partial charge is 0.406 e. The Balaban J connectivity index is 1.58. The molecule has 1 fully saturated rings. The summed E-state index contributed by atoms with van der Waals surface area (Å²) >= 11 is 0. The molecule has 134 valence electrons. The number of rotatable bonds is 5. The van der Waals surface area contributed by atoms with Crippen molar-refractivity contribution < 1.29 is 22.6 Å². The maximum absolute atomic E-state index is 12.1. The van der Waals surface area contributed by atoms with Crippen LogP contribution in [0.3, 0.4) is 0 Å². The molecule has 2 aromatic rings. The van der Waals surface area contributed by atoms with Crippen LogP contribution in [0.1, 0.15) is 5.56 Å². The van der Waals surface area contributed by atoms with Gasteiger partial charge in [-0.1, -0.05) is 12.1 Å². The van der Waals surface area contributed by atoms with Crippen molar-refractivity contribution >= 4 is 11.6 Å². The van der Waals surface area contributed by atoms with Crippen LogP contribution in [0, 0.1) is 0 Å². The van der Waals surface area contributed by atoms with E-state index in [0.717, 1.165) is 24.5 Å². The molecule has 1 N–H and O–H groups in total. The lowest BCUT2D eigenvalue weighted by Gasteiger charge is -2.27. The van der Waals surface area contributed by atoms with E-state index < -0.39 is 6.36 Å². The van der Waals surface area contributed by atoms with Gasteiger partial charge in [-0.05, 0) is 17.7 Å². The van der Waals surface area contributed by atoms with Crippen molar-refractivity contribution in [3.8, 4) is 5.75 Å². The lowest BCUT2D eigenvalue weighted by molar-refractivity contribution is -0.274. The molecular formula is C16H17F3N4O2. The number of morpholine rings is 1. The highest BCUT2D eigenvalue weighted by Gasteiger charge is 2.30. The van der Waals surface area contributed by atoms with Gasteiger partial charge in [0.2, 0.25) is 0 Å². The monoisotopic (exact) mass is 354 g/mol. The topological polar surface area (TPSA) is 59.5 Å². The molecule has 6 nitrogen and oxygen atoms in total. The van der Waals surface area contributed by atoms with Crippen molar-refractivity contribution in [3.05, 3.63) is 42.2 Å². The molecule has 0 spiro atoms. The Labute approximate surface area is 142 Å². The zero-order valence-electron chi connectivity index (χ0n) is 13.3. The Morgan fingerprint density at radius 1 is 1.12 bits per heavy atom. The molecule has 2 heterocycles. The zero-order valence-corrected chi connectivity index (χ0v) is 13.3. The van der Waals surface area contributed by atoms with Crippen LogP contribution in [0.5, 0.6) is 5.75 Å². The largest absolute Gasteiger partial charge is 0.573 e. The predicted molar refractivity (Wildman–Crippen MR) is 85.5 cm³/mol. The normalized spacial score (nSPS) is 15.1. The number of ether oxygens (including phenoxy) is 2. The van der Waals surface area contributed by atoms with E-state index in [-0.39, 0.29) is 5.75 Å². The maximum Gasteiger partial charge on any atom is 0.573 e. The number of alkyl halides is 3. The van der Waals surface area contributed by atoms with Crippen LogP contribution < -0.4 is 15.0 Å². The Kier molecular flexibility index (Phi) is 5.22. The highest BCUT2D eigenvalue weighted by Crippen LogP contribution is 2.23. The van der Waals surface area contributed by atoms with E-state index in [9.17, 15) is 13.2 Å². The molecule has 9 heteroatoms. The fraction of sp³-hybridized carbons (Fsp3) is 0.375. The van der Waals surface area contributed by atoms with E-state index in [1.807, 2.05) is 6.07 Å². The van der Waals surface area contributed by atoms with E-state index in [0.29, 0.717) is 25.6 Å². The van der Waals surface area contributed by atoms with Gasteiger partial charge in [-0.2, -0.15) is 0 Å². The first kappa shape index (κ1) is 17.3. The molecule has 3 rings (SSSR count). The van der Waals surface area contributed by atoms with Gasteiger partial charge in [0.1, 0.15) is 23.7 Å². The van der Waals surface area contributed by atoms with Gasteiger partial charge in [0.15, 0.2) is 0 Å². The molecule has 25 heavy (non-hydrogen) atoms. The molecule has 0 saturated carbocycles. The number of nitrogens with one attached hydrogen (secondary N) is 1. The van der Waals surface area contributed by atoms with Gasteiger partial charge in [0, 0.05) is 25.7 Å². The van der Waals surface area contributed by atoms with Crippen LogP contribution in [-0.4, -0.2) is 42.6 Å². The molecule has 0 radical (unpaired) electrons. The van der Waals surface area contributed by atoms with E-state index in [2.05, 4.69) is 24.9 Å². The highest BCUT2D eigenvalue weighted by atomic mass is 19.4.